The Morgan fingerprint density at radius 3 is 2.67 bits per heavy atom. The first-order chi connectivity index (χ1) is 7.00. The predicted octanol–water partition coefficient (Wildman–Crippen LogP) is 3.13. The molecule has 2 N–H and O–H groups in total. The van der Waals surface area contributed by atoms with E-state index in [0.29, 0.717) is 17.6 Å². The van der Waals surface area contributed by atoms with E-state index in [-0.39, 0.29) is 0 Å². The molecule has 0 aliphatic rings. The van der Waals surface area contributed by atoms with Crippen molar-refractivity contribution in [1.29, 1.82) is 0 Å². The quantitative estimate of drug-likeness (QED) is 0.893. The molecule has 15 heavy (non-hydrogen) atoms. The third-order valence-corrected chi connectivity index (χ3v) is 3.28. The number of aliphatic hydroxyl groups excluding tert-OH is 1. The van der Waals surface area contributed by atoms with Crippen molar-refractivity contribution in [2.75, 3.05) is 6.54 Å². The third kappa shape index (κ3) is 4.11. The van der Waals surface area contributed by atoms with E-state index in [1.54, 1.807) is 6.07 Å². The fourth-order valence-electron chi connectivity index (χ4n) is 1.18. The first kappa shape index (κ1) is 13.0. The van der Waals surface area contributed by atoms with Crippen LogP contribution >= 0.6 is 27.5 Å². The van der Waals surface area contributed by atoms with Crippen LogP contribution in [-0.2, 0) is 0 Å². The van der Waals surface area contributed by atoms with Gasteiger partial charge in [-0.1, -0.05) is 31.5 Å². The molecule has 1 aromatic carbocycles. The molecule has 0 heterocycles. The van der Waals surface area contributed by atoms with Crippen molar-refractivity contribution in [3.63, 3.8) is 0 Å². The number of hydrogen-bond acceptors (Lipinski definition) is 2. The summed E-state index contributed by atoms with van der Waals surface area (Å²) in [5, 5.41) is 13.6. The lowest BCUT2D eigenvalue weighted by Crippen LogP contribution is -2.27. The highest BCUT2D eigenvalue weighted by molar-refractivity contribution is 9.10. The molecule has 2 nitrogen and oxygen atoms in total. The molecule has 0 saturated heterocycles. The van der Waals surface area contributed by atoms with Gasteiger partial charge < -0.3 is 10.4 Å². The maximum absolute atomic E-state index is 9.85. The lowest BCUT2D eigenvalue weighted by Gasteiger charge is -2.14. The van der Waals surface area contributed by atoms with Gasteiger partial charge in [0.05, 0.1) is 11.1 Å². The van der Waals surface area contributed by atoms with Crippen LogP contribution < -0.4 is 5.32 Å². The van der Waals surface area contributed by atoms with Crippen LogP contribution in [0.15, 0.2) is 22.7 Å². The molecule has 0 aliphatic carbocycles. The Morgan fingerprint density at radius 2 is 2.13 bits per heavy atom. The van der Waals surface area contributed by atoms with Gasteiger partial charge in [-0.3, -0.25) is 0 Å². The number of aliphatic hydroxyl groups is 1. The van der Waals surface area contributed by atoms with Crippen LogP contribution in [0.25, 0.3) is 0 Å². The van der Waals surface area contributed by atoms with E-state index in [9.17, 15) is 5.11 Å². The van der Waals surface area contributed by atoms with Gasteiger partial charge in [0.2, 0.25) is 0 Å². The van der Waals surface area contributed by atoms with E-state index >= 15 is 0 Å². The summed E-state index contributed by atoms with van der Waals surface area (Å²) in [5.41, 5.74) is 0.830. The summed E-state index contributed by atoms with van der Waals surface area (Å²) in [5.74, 6) is 0. The monoisotopic (exact) mass is 291 g/mol. The van der Waals surface area contributed by atoms with Crippen molar-refractivity contribution >= 4 is 27.5 Å². The molecule has 0 aliphatic heterocycles. The van der Waals surface area contributed by atoms with Crippen molar-refractivity contribution in [2.45, 2.75) is 26.0 Å². The summed E-state index contributed by atoms with van der Waals surface area (Å²) in [7, 11) is 0. The van der Waals surface area contributed by atoms with Crippen LogP contribution in [0.2, 0.25) is 5.02 Å². The zero-order valence-corrected chi connectivity index (χ0v) is 11.1. The number of halogens is 2. The third-order valence-electron chi connectivity index (χ3n) is 2.05. The van der Waals surface area contributed by atoms with Gasteiger partial charge in [-0.15, -0.1) is 0 Å². The van der Waals surface area contributed by atoms with Crippen LogP contribution in [-0.4, -0.2) is 17.7 Å². The summed E-state index contributed by atoms with van der Waals surface area (Å²) in [6, 6.07) is 5.85. The highest BCUT2D eigenvalue weighted by Crippen LogP contribution is 2.25. The van der Waals surface area contributed by atoms with Crippen molar-refractivity contribution in [3.05, 3.63) is 33.3 Å². The second-order valence-electron chi connectivity index (χ2n) is 3.75. The van der Waals surface area contributed by atoms with Gasteiger partial charge in [0.25, 0.3) is 0 Å². The molecular formula is C11H15BrClNO. The topological polar surface area (TPSA) is 32.3 Å². The Balaban J connectivity index is 2.65. The molecule has 84 valence electrons. The summed E-state index contributed by atoms with van der Waals surface area (Å²) < 4.78 is 0.844. The van der Waals surface area contributed by atoms with Crippen LogP contribution in [0.1, 0.15) is 25.5 Å². The van der Waals surface area contributed by atoms with Crippen molar-refractivity contribution in [2.24, 2.45) is 0 Å². The Hall–Kier alpha value is -0.0900. The second-order valence-corrected chi connectivity index (χ2v) is 5.01. The largest absolute Gasteiger partial charge is 0.387 e. The van der Waals surface area contributed by atoms with Gasteiger partial charge in [0, 0.05) is 17.1 Å². The molecule has 1 unspecified atom stereocenters. The fraction of sp³-hybridized carbons (Fsp3) is 0.455. The molecule has 0 bridgehead atoms. The van der Waals surface area contributed by atoms with E-state index in [1.807, 2.05) is 26.0 Å². The van der Waals surface area contributed by atoms with Crippen LogP contribution in [0, 0.1) is 0 Å². The smallest absolute Gasteiger partial charge is 0.0915 e. The van der Waals surface area contributed by atoms with Gasteiger partial charge in [-0.05, 0) is 33.6 Å². The Bertz CT molecular complexity index is 330. The van der Waals surface area contributed by atoms with Crippen molar-refractivity contribution < 1.29 is 5.11 Å². The maximum Gasteiger partial charge on any atom is 0.0915 e. The van der Waals surface area contributed by atoms with Crippen LogP contribution in [0.3, 0.4) is 0 Å². The molecule has 0 saturated carbocycles. The minimum Gasteiger partial charge on any atom is -0.387 e. The molecule has 1 aromatic rings. The molecule has 1 atom stereocenters. The number of nitrogens with one attached hydrogen (secondary N) is 1. The summed E-state index contributed by atoms with van der Waals surface area (Å²) in [6.07, 6.45) is -0.516. The standard InChI is InChI=1S/C11H15BrClNO/c1-7(2)14-6-11(15)8-3-4-9(12)10(13)5-8/h3-5,7,11,14-15H,6H2,1-2H3. The van der Waals surface area contributed by atoms with Gasteiger partial charge >= 0.3 is 0 Å². The zero-order chi connectivity index (χ0) is 11.4. The second kappa shape index (κ2) is 5.85. The van der Waals surface area contributed by atoms with Gasteiger partial charge in [0.15, 0.2) is 0 Å². The predicted molar refractivity (Wildman–Crippen MR) is 67.3 cm³/mol. The molecule has 0 aromatic heterocycles. The minimum atomic E-state index is -0.516. The number of hydrogen-bond donors (Lipinski definition) is 2. The maximum atomic E-state index is 9.85. The Kier molecular flexibility index (Phi) is 5.06. The fourth-order valence-corrected chi connectivity index (χ4v) is 1.62. The first-order valence-electron chi connectivity index (χ1n) is 4.87. The average Bonchev–Trinajstić information content (AvgIpc) is 2.18. The average molecular weight is 293 g/mol. The summed E-state index contributed by atoms with van der Waals surface area (Å²) in [6.45, 7) is 4.62. The Labute approximate surface area is 104 Å². The Morgan fingerprint density at radius 1 is 1.47 bits per heavy atom. The van der Waals surface area contributed by atoms with E-state index in [4.69, 9.17) is 11.6 Å². The molecule has 0 radical (unpaired) electrons. The van der Waals surface area contributed by atoms with Crippen molar-refractivity contribution in [1.82, 2.24) is 5.32 Å². The minimum absolute atomic E-state index is 0.366. The summed E-state index contributed by atoms with van der Waals surface area (Å²) in [4.78, 5) is 0. The lowest BCUT2D eigenvalue weighted by molar-refractivity contribution is 0.171. The number of benzene rings is 1. The first-order valence-corrected chi connectivity index (χ1v) is 6.04. The summed E-state index contributed by atoms with van der Waals surface area (Å²) >= 11 is 9.25. The normalized spacial score (nSPS) is 13.2. The van der Waals surface area contributed by atoms with Crippen LogP contribution in [0.5, 0.6) is 0 Å². The highest BCUT2D eigenvalue weighted by atomic mass is 79.9. The van der Waals surface area contributed by atoms with Crippen molar-refractivity contribution in [3.8, 4) is 0 Å². The molecular weight excluding hydrogens is 277 g/mol. The highest BCUT2D eigenvalue weighted by Gasteiger charge is 2.09. The van der Waals surface area contributed by atoms with Gasteiger partial charge in [-0.2, -0.15) is 0 Å². The molecule has 4 heteroatoms. The van der Waals surface area contributed by atoms with E-state index < -0.39 is 6.10 Å². The molecule has 0 spiro atoms. The number of rotatable bonds is 4. The van der Waals surface area contributed by atoms with E-state index in [2.05, 4.69) is 21.2 Å². The van der Waals surface area contributed by atoms with E-state index in [0.717, 1.165) is 10.0 Å². The lowest BCUT2D eigenvalue weighted by atomic mass is 10.1. The van der Waals surface area contributed by atoms with Gasteiger partial charge in [0.1, 0.15) is 0 Å². The zero-order valence-electron chi connectivity index (χ0n) is 8.80. The molecule has 0 amide bonds. The van der Waals surface area contributed by atoms with Crippen LogP contribution in [0.4, 0.5) is 0 Å². The SMILES string of the molecule is CC(C)NCC(O)c1ccc(Br)c(Cl)c1. The van der Waals surface area contributed by atoms with E-state index in [1.165, 1.54) is 0 Å². The molecule has 0 fully saturated rings. The van der Waals surface area contributed by atoms with Gasteiger partial charge in [-0.25, -0.2) is 0 Å². The molecule has 1 rings (SSSR count).